The first-order valence-electron chi connectivity index (χ1n) is 6.36. The van der Waals surface area contributed by atoms with Gasteiger partial charge in [0.25, 0.3) is 0 Å². The standard InChI is InChI=1S/C15H22N2.ClH/c1-9-6-10(2)13(5)14(12(9)4)7-15-16-8-11(3)17-15;/h6,11H,7-8H2,1-5H3,(H,16,17);1H. The smallest absolute Gasteiger partial charge is 0.101 e. The molecule has 2 nitrogen and oxygen atoms in total. The van der Waals surface area contributed by atoms with Crippen LogP contribution in [-0.4, -0.2) is 18.4 Å². The highest BCUT2D eigenvalue weighted by Crippen LogP contribution is 2.22. The van der Waals surface area contributed by atoms with Crippen LogP contribution in [0.3, 0.4) is 0 Å². The number of nitrogens with zero attached hydrogens (tertiary/aromatic N) is 1. The van der Waals surface area contributed by atoms with Gasteiger partial charge in [-0.2, -0.15) is 0 Å². The minimum absolute atomic E-state index is 0. The Labute approximate surface area is 116 Å². The largest absolute Gasteiger partial charge is 0.371 e. The van der Waals surface area contributed by atoms with Crippen LogP contribution in [0.1, 0.15) is 34.7 Å². The molecule has 0 aromatic heterocycles. The summed E-state index contributed by atoms with van der Waals surface area (Å²) in [5.41, 5.74) is 7.04. The predicted octanol–water partition coefficient (Wildman–Crippen LogP) is 3.27. The van der Waals surface area contributed by atoms with Crippen molar-refractivity contribution in [1.29, 1.82) is 0 Å². The third-order valence-electron chi connectivity index (χ3n) is 3.84. The highest BCUT2D eigenvalue weighted by molar-refractivity contribution is 5.86. The Morgan fingerprint density at radius 2 is 1.72 bits per heavy atom. The van der Waals surface area contributed by atoms with Crippen molar-refractivity contribution in [3.63, 3.8) is 0 Å². The summed E-state index contributed by atoms with van der Waals surface area (Å²) >= 11 is 0. The normalized spacial score (nSPS) is 18.1. The van der Waals surface area contributed by atoms with Crippen molar-refractivity contribution in [2.75, 3.05) is 6.54 Å². The van der Waals surface area contributed by atoms with Gasteiger partial charge in [-0.05, 0) is 62.4 Å². The molecule has 18 heavy (non-hydrogen) atoms. The fourth-order valence-electron chi connectivity index (χ4n) is 2.46. The highest BCUT2D eigenvalue weighted by atomic mass is 35.5. The lowest BCUT2D eigenvalue weighted by atomic mass is 9.92. The Kier molecular flexibility index (Phi) is 4.80. The van der Waals surface area contributed by atoms with Gasteiger partial charge in [0.2, 0.25) is 0 Å². The molecule has 0 amide bonds. The second-order valence-electron chi connectivity index (χ2n) is 5.22. The Bertz CT molecular complexity index is 452. The number of aryl methyl sites for hydroxylation is 2. The predicted molar refractivity (Wildman–Crippen MR) is 81.2 cm³/mol. The van der Waals surface area contributed by atoms with Gasteiger partial charge in [-0.1, -0.05) is 6.07 Å². The van der Waals surface area contributed by atoms with Crippen LogP contribution < -0.4 is 5.32 Å². The molecule has 1 aliphatic heterocycles. The van der Waals surface area contributed by atoms with E-state index in [1.807, 2.05) is 0 Å². The van der Waals surface area contributed by atoms with E-state index >= 15 is 0 Å². The second-order valence-corrected chi connectivity index (χ2v) is 5.22. The van der Waals surface area contributed by atoms with Crippen LogP contribution in [0, 0.1) is 27.7 Å². The Morgan fingerprint density at radius 1 is 1.17 bits per heavy atom. The number of benzene rings is 1. The summed E-state index contributed by atoms with van der Waals surface area (Å²) in [6, 6.07) is 2.71. The van der Waals surface area contributed by atoms with Crippen LogP contribution in [0.4, 0.5) is 0 Å². The first-order chi connectivity index (χ1) is 7.99. The van der Waals surface area contributed by atoms with Gasteiger partial charge in [0.15, 0.2) is 0 Å². The quantitative estimate of drug-likeness (QED) is 0.873. The van der Waals surface area contributed by atoms with Gasteiger partial charge in [-0.3, -0.25) is 4.99 Å². The molecule has 3 heteroatoms. The summed E-state index contributed by atoms with van der Waals surface area (Å²) in [6.07, 6.45) is 0.949. The lowest BCUT2D eigenvalue weighted by Gasteiger charge is -2.15. The van der Waals surface area contributed by atoms with E-state index in [4.69, 9.17) is 0 Å². The third kappa shape index (κ3) is 2.86. The van der Waals surface area contributed by atoms with Crippen LogP contribution >= 0.6 is 12.4 Å². The number of hydrogen-bond donors (Lipinski definition) is 1. The minimum atomic E-state index is 0. The van der Waals surface area contributed by atoms with E-state index in [0.717, 1.165) is 18.8 Å². The van der Waals surface area contributed by atoms with E-state index in [9.17, 15) is 0 Å². The van der Waals surface area contributed by atoms with Crippen molar-refractivity contribution in [2.45, 2.75) is 47.1 Å². The molecule has 1 heterocycles. The fourth-order valence-corrected chi connectivity index (χ4v) is 2.46. The van der Waals surface area contributed by atoms with Crippen molar-refractivity contribution in [1.82, 2.24) is 5.32 Å². The van der Waals surface area contributed by atoms with Gasteiger partial charge >= 0.3 is 0 Å². The Hall–Kier alpha value is -1.02. The molecule has 1 aliphatic rings. The maximum atomic E-state index is 4.63. The van der Waals surface area contributed by atoms with Gasteiger partial charge in [0.05, 0.1) is 6.04 Å². The van der Waals surface area contributed by atoms with Crippen LogP contribution in [-0.2, 0) is 6.42 Å². The van der Waals surface area contributed by atoms with Crippen LogP contribution in [0.2, 0.25) is 0 Å². The van der Waals surface area contributed by atoms with Crippen molar-refractivity contribution >= 4 is 18.2 Å². The zero-order chi connectivity index (χ0) is 12.6. The molecule has 0 radical (unpaired) electrons. The number of rotatable bonds is 2. The number of amidine groups is 1. The van der Waals surface area contributed by atoms with E-state index in [1.165, 1.54) is 27.8 Å². The number of aliphatic imine (C=N–C) groups is 1. The van der Waals surface area contributed by atoms with Crippen molar-refractivity contribution in [3.05, 3.63) is 33.9 Å². The summed E-state index contributed by atoms with van der Waals surface area (Å²) in [7, 11) is 0. The molecule has 0 saturated carbocycles. The summed E-state index contributed by atoms with van der Waals surface area (Å²) in [5, 5.41) is 3.40. The van der Waals surface area contributed by atoms with Gasteiger partial charge < -0.3 is 5.32 Å². The molecule has 1 aromatic rings. The summed E-state index contributed by atoms with van der Waals surface area (Å²) in [5.74, 6) is 1.15. The molecule has 100 valence electrons. The van der Waals surface area contributed by atoms with Crippen LogP contribution in [0.25, 0.3) is 0 Å². The highest BCUT2D eigenvalue weighted by Gasteiger charge is 2.15. The Balaban J connectivity index is 0.00000162. The summed E-state index contributed by atoms with van der Waals surface area (Å²) in [4.78, 5) is 4.63. The molecule has 1 aromatic carbocycles. The fraction of sp³-hybridized carbons (Fsp3) is 0.533. The van der Waals surface area contributed by atoms with Gasteiger partial charge in [-0.15, -0.1) is 12.4 Å². The lowest BCUT2D eigenvalue weighted by Crippen LogP contribution is -2.22. The third-order valence-corrected chi connectivity index (χ3v) is 3.84. The molecule has 2 rings (SSSR count). The van der Waals surface area contributed by atoms with Crippen LogP contribution in [0.15, 0.2) is 11.1 Å². The van der Waals surface area contributed by atoms with Crippen molar-refractivity contribution < 1.29 is 0 Å². The molecule has 1 unspecified atom stereocenters. The number of nitrogens with one attached hydrogen (secondary N) is 1. The maximum absolute atomic E-state index is 4.63. The molecular formula is C15H23ClN2. The SMILES string of the molecule is Cc1cc(C)c(C)c(CC2=NC(C)CN2)c1C.Cl. The maximum Gasteiger partial charge on any atom is 0.101 e. The molecule has 0 aliphatic carbocycles. The number of halogens is 1. The molecule has 1 atom stereocenters. The first-order valence-corrected chi connectivity index (χ1v) is 6.36. The molecular weight excluding hydrogens is 244 g/mol. The number of hydrogen-bond acceptors (Lipinski definition) is 2. The van der Waals surface area contributed by atoms with Gasteiger partial charge in [-0.25, -0.2) is 0 Å². The van der Waals surface area contributed by atoms with Crippen molar-refractivity contribution in [3.8, 4) is 0 Å². The van der Waals surface area contributed by atoms with E-state index in [1.54, 1.807) is 0 Å². The minimum Gasteiger partial charge on any atom is -0.371 e. The topological polar surface area (TPSA) is 24.4 Å². The van der Waals surface area contributed by atoms with Gasteiger partial charge in [0.1, 0.15) is 5.84 Å². The van der Waals surface area contributed by atoms with E-state index < -0.39 is 0 Å². The lowest BCUT2D eigenvalue weighted by molar-refractivity contribution is 0.765. The van der Waals surface area contributed by atoms with E-state index in [-0.39, 0.29) is 12.4 Å². The molecule has 1 N–H and O–H groups in total. The zero-order valence-corrected chi connectivity index (χ0v) is 12.7. The molecule has 0 spiro atoms. The first kappa shape index (κ1) is 15.0. The Morgan fingerprint density at radius 3 is 2.17 bits per heavy atom. The van der Waals surface area contributed by atoms with Crippen LogP contribution in [0.5, 0.6) is 0 Å². The second kappa shape index (κ2) is 5.75. The zero-order valence-electron chi connectivity index (χ0n) is 11.9. The van der Waals surface area contributed by atoms with E-state index in [2.05, 4.69) is 51.0 Å². The molecule has 0 bridgehead atoms. The molecule has 0 fully saturated rings. The summed E-state index contributed by atoms with van der Waals surface area (Å²) < 4.78 is 0. The average molecular weight is 267 g/mol. The monoisotopic (exact) mass is 266 g/mol. The average Bonchev–Trinajstić information content (AvgIpc) is 2.68. The van der Waals surface area contributed by atoms with E-state index in [0.29, 0.717) is 6.04 Å². The van der Waals surface area contributed by atoms with Crippen molar-refractivity contribution in [2.24, 2.45) is 4.99 Å². The molecule has 0 saturated heterocycles. The van der Waals surface area contributed by atoms with Gasteiger partial charge in [0, 0.05) is 13.0 Å². The summed E-state index contributed by atoms with van der Waals surface area (Å²) in [6.45, 7) is 12.0.